The van der Waals surface area contributed by atoms with E-state index < -0.39 is 0 Å². The number of phenolic OH excluding ortho intramolecular Hbond substituents is 1. The average molecular weight is 275 g/mol. The van der Waals surface area contributed by atoms with Gasteiger partial charge in [-0.2, -0.15) is 0 Å². The van der Waals surface area contributed by atoms with Crippen LogP contribution in [0.15, 0.2) is 18.2 Å². The van der Waals surface area contributed by atoms with E-state index in [1.54, 1.807) is 18.2 Å². The topological polar surface area (TPSA) is 49.3 Å². The van der Waals surface area contributed by atoms with E-state index in [0.29, 0.717) is 11.6 Å². The fraction of sp³-hybridized carbons (Fsp3) is 0.588. The first-order valence-electron chi connectivity index (χ1n) is 7.70. The maximum absolute atomic E-state index is 12.2. The summed E-state index contributed by atoms with van der Waals surface area (Å²) >= 11 is 0. The number of aromatic hydroxyl groups is 1. The van der Waals surface area contributed by atoms with Crippen LogP contribution in [0.2, 0.25) is 0 Å². The molecule has 0 unspecified atom stereocenters. The van der Waals surface area contributed by atoms with E-state index >= 15 is 0 Å². The second kappa shape index (κ2) is 6.78. The van der Waals surface area contributed by atoms with Crippen LogP contribution in [0.3, 0.4) is 0 Å². The molecular formula is C17H25NO2. The van der Waals surface area contributed by atoms with E-state index in [2.05, 4.69) is 12.2 Å². The highest BCUT2D eigenvalue weighted by Crippen LogP contribution is 2.28. The summed E-state index contributed by atoms with van der Waals surface area (Å²) in [6, 6.07) is 5.39. The molecule has 1 aliphatic carbocycles. The van der Waals surface area contributed by atoms with Gasteiger partial charge in [-0.25, -0.2) is 0 Å². The van der Waals surface area contributed by atoms with Gasteiger partial charge in [0.25, 0.3) is 5.91 Å². The maximum atomic E-state index is 12.2. The Balaban J connectivity index is 1.87. The maximum Gasteiger partial charge on any atom is 0.251 e. The van der Waals surface area contributed by atoms with E-state index in [0.717, 1.165) is 24.3 Å². The number of amides is 1. The second-order valence-corrected chi connectivity index (χ2v) is 5.98. The lowest BCUT2D eigenvalue weighted by atomic mass is 9.83. The lowest BCUT2D eigenvalue weighted by molar-refractivity contribution is 0.0920. The van der Waals surface area contributed by atoms with Crippen LogP contribution in [-0.2, 0) is 0 Å². The summed E-state index contributed by atoms with van der Waals surface area (Å²) in [6.45, 7) is 4.06. The molecule has 1 saturated carbocycles. The van der Waals surface area contributed by atoms with Crippen LogP contribution in [0, 0.1) is 12.8 Å². The molecule has 1 aromatic rings. The van der Waals surface area contributed by atoms with Crippen molar-refractivity contribution < 1.29 is 9.90 Å². The van der Waals surface area contributed by atoms with Gasteiger partial charge in [-0.3, -0.25) is 4.79 Å². The second-order valence-electron chi connectivity index (χ2n) is 5.98. The van der Waals surface area contributed by atoms with Gasteiger partial charge < -0.3 is 10.4 Å². The molecule has 1 aliphatic rings. The van der Waals surface area contributed by atoms with Crippen molar-refractivity contribution in [2.75, 3.05) is 0 Å². The number of rotatable bonds is 4. The van der Waals surface area contributed by atoms with E-state index in [-0.39, 0.29) is 11.7 Å². The van der Waals surface area contributed by atoms with Crippen LogP contribution in [0.4, 0.5) is 0 Å². The number of carbonyl (C=O) groups excluding carboxylic acids is 1. The van der Waals surface area contributed by atoms with Crippen molar-refractivity contribution in [3.63, 3.8) is 0 Å². The number of aryl methyl sites for hydroxylation is 1. The van der Waals surface area contributed by atoms with Gasteiger partial charge in [-0.05, 0) is 56.2 Å². The molecule has 3 nitrogen and oxygen atoms in total. The predicted molar refractivity (Wildman–Crippen MR) is 81.0 cm³/mol. The van der Waals surface area contributed by atoms with Crippen LogP contribution >= 0.6 is 0 Å². The van der Waals surface area contributed by atoms with Crippen molar-refractivity contribution in [1.29, 1.82) is 0 Å². The molecule has 0 spiro atoms. The molecule has 1 fully saturated rings. The highest BCUT2D eigenvalue weighted by Gasteiger charge is 2.22. The molecule has 0 aliphatic heterocycles. The van der Waals surface area contributed by atoms with Crippen LogP contribution in [-0.4, -0.2) is 17.1 Å². The summed E-state index contributed by atoms with van der Waals surface area (Å²) in [5.74, 6) is 0.958. The number of phenols is 1. The molecule has 0 aromatic heterocycles. The quantitative estimate of drug-likeness (QED) is 0.878. The first-order valence-corrected chi connectivity index (χ1v) is 7.70. The minimum Gasteiger partial charge on any atom is -0.508 e. The molecule has 3 heteroatoms. The van der Waals surface area contributed by atoms with Crippen LogP contribution in [0.5, 0.6) is 5.75 Å². The van der Waals surface area contributed by atoms with Crippen molar-refractivity contribution in [2.24, 2.45) is 5.92 Å². The highest BCUT2D eigenvalue weighted by molar-refractivity contribution is 5.94. The third kappa shape index (κ3) is 3.75. The van der Waals surface area contributed by atoms with Crippen LogP contribution in [0.1, 0.15) is 61.4 Å². The minimum absolute atomic E-state index is 0.0701. The Labute approximate surface area is 121 Å². The zero-order valence-corrected chi connectivity index (χ0v) is 12.5. The zero-order chi connectivity index (χ0) is 14.5. The summed E-state index contributed by atoms with van der Waals surface area (Å²) < 4.78 is 0. The third-order valence-electron chi connectivity index (χ3n) is 4.35. The Morgan fingerprint density at radius 2 is 2.00 bits per heavy atom. The summed E-state index contributed by atoms with van der Waals surface area (Å²) in [7, 11) is 0. The zero-order valence-electron chi connectivity index (χ0n) is 12.5. The number of benzene rings is 1. The Hall–Kier alpha value is -1.51. The normalized spacial score (nSPS) is 22.5. The van der Waals surface area contributed by atoms with Crippen molar-refractivity contribution in [2.45, 2.75) is 58.4 Å². The van der Waals surface area contributed by atoms with Crippen molar-refractivity contribution in [1.82, 2.24) is 5.32 Å². The smallest absolute Gasteiger partial charge is 0.251 e. The first-order chi connectivity index (χ1) is 9.60. The third-order valence-corrected chi connectivity index (χ3v) is 4.35. The molecule has 0 heterocycles. The molecule has 1 amide bonds. The lowest BCUT2D eigenvalue weighted by Gasteiger charge is -2.29. The van der Waals surface area contributed by atoms with E-state index in [1.807, 2.05) is 6.92 Å². The lowest BCUT2D eigenvalue weighted by Crippen LogP contribution is -2.37. The van der Waals surface area contributed by atoms with Crippen LogP contribution in [0.25, 0.3) is 0 Å². The number of nitrogens with one attached hydrogen (secondary N) is 1. The first kappa shape index (κ1) is 14.9. The van der Waals surface area contributed by atoms with Crippen LogP contribution < -0.4 is 5.32 Å². The standard InChI is InChI=1S/C17H25NO2/c1-3-4-13-6-9-15(10-7-13)18-17(20)14-8-5-12(2)16(19)11-14/h5,8,11,13,15,19H,3-4,6-7,9-10H2,1-2H3,(H,18,20). The minimum atomic E-state index is -0.0701. The molecule has 0 atom stereocenters. The molecule has 2 rings (SSSR count). The summed E-state index contributed by atoms with van der Waals surface area (Å²) in [5, 5.41) is 12.8. The summed E-state index contributed by atoms with van der Waals surface area (Å²) in [5.41, 5.74) is 1.34. The van der Waals surface area contributed by atoms with Gasteiger partial charge in [0.05, 0.1) is 0 Å². The van der Waals surface area contributed by atoms with E-state index in [1.165, 1.54) is 25.7 Å². The molecule has 0 saturated heterocycles. The molecule has 0 bridgehead atoms. The Morgan fingerprint density at radius 3 is 2.60 bits per heavy atom. The number of hydrogen-bond acceptors (Lipinski definition) is 2. The largest absolute Gasteiger partial charge is 0.508 e. The van der Waals surface area contributed by atoms with Crippen molar-refractivity contribution in [3.8, 4) is 5.75 Å². The van der Waals surface area contributed by atoms with Gasteiger partial charge in [0.15, 0.2) is 0 Å². The van der Waals surface area contributed by atoms with Gasteiger partial charge in [0.2, 0.25) is 0 Å². The van der Waals surface area contributed by atoms with Gasteiger partial charge in [0.1, 0.15) is 5.75 Å². The van der Waals surface area contributed by atoms with Crippen molar-refractivity contribution >= 4 is 5.91 Å². The SMILES string of the molecule is CCCC1CCC(NC(=O)c2ccc(C)c(O)c2)CC1. The Kier molecular flexibility index (Phi) is 5.05. The van der Waals surface area contributed by atoms with Crippen molar-refractivity contribution in [3.05, 3.63) is 29.3 Å². The molecule has 2 N–H and O–H groups in total. The summed E-state index contributed by atoms with van der Waals surface area (Å²) in [4.78, 5) is 12.2. The van der Waals surface area contributed by atoms with E-state index in [9.17, 15) is 9.90 Å². The highest BCUT2D eigenvalue weighted by atomic mass is 16.3. The fourth-order valence-corrected chi connectivity index (χ4v) is 3.02. The molecule has 0 radical (unpaired) electrons. The predicted octanol–water partition coefficient (Wildman–Crippen LogP) is 3.79. The number of carbonyl (C=O) groups is 1. The molecule has 1 aromatic carbocycles. The van der Waals surface area contributed by atoms with Gasteiger partial charge in [-0.1, -0.05) is 25.8 Å². The Bertz CT molecular complexity index is 462. The molecule has 110 valence electrons. The summed E-state index contributed by atoms with van der Waals surface area (Å²) in [6.07, 6.45) is 7.16. The van der Waals surface area contributed by atoms with Gasteiger partial charge in [0, 0.05) is 11.6 Å². The van der Waals surface area contributed by atoms with E-state index in [4.69, 9.17) is 0 Å². The number of hydrogen-bond donors (Lipinski definition) is 2. The Morgan fingerprint density at radius 1 is 1.30 bits per heavy atom. The van der Waals surface area contributed by atoms with Gasteiger partial charge in [-0.15, -0.1) is 0 Å². The average Bonchev–Trinajstić information content (AvgIpc) is 2.44. The molecular weight excluding hydrogens is 250 g/mol. The molecule has 20 heavy (non-hydrogen) atoms. The monoisotopic (exact) mass is 275 g/mol. The van der Waals surface area contributed by atoms with Gasteiger partial charge >= 0.3 is 0 Å². The fourth-order valence-electron chi connectivity index (χ4n) is 3.02.